The third-order valence-corrected chi connectivity index (χ3v) is 2.69. The second-order valence-electron chi connectivity index (χ2n) is 3.47. The van der Waals surface area contributed by atoms with Crippen molar-refractivity contribution in [2.45, 2.75) is 24.4 Å². The molecule has 4 nitrogen and oxygen atoms in total. The minimum atomic E-state index is -1.11. The van der Waals surface area contributed by atoms with Crippen LogP contribution in [0.15, 0.2) is 12.2 Å². The molecule has 3 aliphatic heterocycles. The largest absolute Gasteiger partial charge is 0.360 e. The highest BCUT2D eigenvalue weighted by Gasteiger charge is 2.56. The van der Waals surface area contributed by atoms with Gasteiger partial charge in [-0.05, 0) is 0 Å². The molecular weight excluding hydrogens is 172 g/mol. The molecule has 3 rings (SSSR count). The first-order valence-corrected chi connectivity index (χ1v) is 4.46. The van der Waals surface area contributed by atoms with Crippen LogP contribution < -0.4 is 0 Å². The Hall–Kier alpha value is -0.710. The van der Waals surface area contributed by atoms with E-state index in [9.17, 15) is 4.79 Å². The minimum absolute atomic E-state index is 0.0104. The summed E-state index contributed by atoms with van der Waals surface area (Å²) in [4.78, 5) is 11.7. The Morgan fingerprint density at radius 3 is 2.85 bits per heavy atom. The number of carbonyl (C=O) groups excluding carboxylic acids is 1. The molecule has 0 aliphatic carbocycles. The second kappa shape index (κ2) is 2.41. The maximum absolute atomic E-state index is 11.7. The van der Waals surface area contributed by atoms with E-state index in [-0.39, 0.29) is 18.0 Å². The van der Waals surface area contributed by atoms with Gasteiger partial charge in [-0.1, -0.05) is 12.2 Å². The van der Waals surface area contributed by atoms with E-state index in [1.807, 2.05) is 12.2 Å². The summed E-state index contributed by atoms with van der Waals surface area (Å²) < 4.78 is 16.3. The van der Waals surface area contributed by atoms with E-state index in [4.69, 9.17) is 14.2 Å². The molecule has 0 aromatic heterocycles. The van der Waals surface area contributed by atoms with Crippen LogP contribution in [0, 0.1) is 0 Å². The molecule has 2 bridgehead atoms. The van der Waals surface area contributed by atoms with Crippen LogP contribution in [0.4, 0.5) is 0 Å². The highest BCUT2D eigenvalue weighted by Crippen LogP contribution is 2.38. The van der Waals surface area contributed by atoms with Gasteiger partial charge < -0.3 is 14.2 Å². The number of hydrogen-bond acceptors (Lipinski definition) is 4. The topological polar surface area (TPSA) is 44.8 Å². The molecule has 2 fully saturated rings. The molecule has 2 atom stereocenters. The molecule has 2 saturated heterocycles. The molecule has 3 heterocycles. The van der Waals surface area contributed by atoms with E-state index in [0.717, 1.165) is 0 Å². The van der Waals surface area contributed by atoms with Crippen molar-refractivity contribution in [3.05, 3.63) is 12.2 Å². The zero-order chi connectivity index (χ0) is 8.89. The summed E-state index contributed by atoms with van der Waals surface area (Å²) >= 11 is 0. The molecule has 0 aromatic carbocycles. The Labute approximate surface area is 75.5 Å². The third kappa shape index (κ3) is 0.879. The first kappa shape index (κ1) is 7.67. The highest BCUT2D eigenvalue weighted by molar-refractivity contribution is 5.89. The van der Waals surface area contributed by atoms with Gasteiger partial charge in [0.25, 0.3) is 5.79 Å². The fourth-order valence-electron chi connectivity index (χ4n) is 2.07. The number of rotatable bonds is 0. The molecule has 4 heteroatoms. The van der Waals surface area contributed by atoms with Crippen LogP contribution >= 0.6 is 0 Å². The van der Waals surface area contributed by atoms with Crippen LogP contribution in [-0.4, -0.2) is 37.0 Å². The van der Waals surface area contributed by atoms with Crippen molar-refractivity contribution in [2.75, 3.05) is 13.2 Å². The molecule has 70 valence electrons. The Morgan fingerprint density at radius 1 is 1.31 bits per heavy atom. The Morgan fingerprint density at radius 2 is 2.08 bits per heavy atom. The Bertz CT molecular complexity index is 277. The molecule has 0 aromatic rings. The van der Waals surface area contributed by atoms with E-state index in [0.29, 0.717) is 19.6 Å². The molecule has 0 amide bonds. The quantitative estimate of drug-likeness (QED) is 0.496. The fourth-order valence-corrected chi connectivity index (χ4v) is 2.07. The first-order chi connectivity index (χ1) is 6.31. The zero-order valence-corrected chi connectivity index (χ0v) is 7.06. The van der Waals surface area contributed by atoms with Crippen molar-refractivity contribution < 1.29 is 19.0 Å². The predicted octanol–water partition coefficient (Wildman–Crippen LogP) is 0.0259. The monoisotopic (exact) mass is 182 g/mol. The predicted molar refractivity (Wildman–Crippen MR) is 42.1 cm³/mol. The van der Waals surface area contributed by atoms with E-state index in [1.54, 1.807) is 0 Å². The van der Waals surface area contributed by atoms with Gasteiger partial charge in [0.15, 0.2) is 5.78 Å². The molecule has 13 heavy (non-hydrogen) atoms. The van der Waals surface area contributed by atoms with Crippen molar-refractivity contribution in [1.29, 1.82) is 0 Å². The lowest BCUT2D eigenvalue weighted by atomic mass is 10.0. The highest BCUT2D eigenvalue weighted by atomic mass is 16.8. The number of ketones is 1. The lowest BCUT2D eigenvalue weighted by Gasteiger charge is -2.35. The van der Waals surface area contributed by atoms with Crippen molar-refractivity contribution >= 4 is 5.78 Å². The summed E-state index contributed by atoms with van der Waals surface area (Å²) in [7, 11) is 0. The SMILES string of the molecule is O=C1CC2C=CC(O2)C12OCCO2. The first-order valence-electron chi connectivity index (χ1n) is 4.46. The van der Waals surface area contributed by atoms with Crippen molar-refractivity contribution in [3.63, 3.8) is 0 Å². The molecule has 1 spiro atoms. The molecule has 0 saturated carbocycles. The summed E-state index contributed by atoms with van der Waals surface area (Å²) in [5, 5.41) is 0. The van der Waals surface area contributed by atoms with Gasteiger partial charge in [-0.25, -0.2) is 0 Å². The van der Waals surface area contributed by atoms with E-state index in [1.165, 1.54) is 0 Å². The maximum Gasteiger partial charge on any atom is 0.260 e. The molecular formula is C9H10O4. The summed E-state index contributed by atoms with van der Waals surface area (Å²) in [6, 6.07) is 0. The number of Topliss-reactive ketones (excluding diaryl/α,β-unsaturated/α-hetero) is 1. The van der Waals surface area contributed by atoms with Gasteiger partial charge in [-0.2, -0.15) is 0 Å². The third-order valence-electron chi connectivity index (χ3n) is 2.69. The lowest BCUT2D eigenvalue weighted by Crippen LogP contribution is -2.54. The van der Waals surface area contributed by atoms with E-state index in [2.05, 4.69) is 0 Å². The standard InChI is InChI=1S/C9H10O4/c10-7-5-6-1-2-8(13-6)9(7)11-3-4-12-9/h1-2,6,8H,3-5H2. The number of fused-ring (bicyclic) bond motifs is 3. The summed E-state index contributed by atoms with van der Waals surface area (Å²) in [5.74, 6) is -1.10. The second-order valence-corrected chi connectivity index (χ2v) is 3.47. The van der Waals surface area contributed by atoms with Gasteiger partial charge in [-0.15, -0.1) is 0 Å². The Kier molecular flexibility index (Phi) is 1.42. The van der Waals surface area contributed by atoms with Gasteiger partial charge in [0, 0.05) is 6.42 Å². The minimum Gasteiger partial charge on any atom is -0.360 e. The van der Waals surface area contributed by atoms with Crippen LogP contribution in [0.25, 0.3) is 0 Å². The van der Waals surface area contributed by atoms with Gasteiger partial charge in [-0.3, -0.25) is 4.79 Å². The fraction of sp³-hybridized carbons (Fsp3) is 0.667. The zero-order valence-electron chi connectivity index (χ0n) is 7.06. The van der Waals surface area contributed by atoms with E-state index < -0.39 is 5.79 Å². The smallest absolute Gasteiger partial charge is 0.260 e. The molecule has 0 radical (unpaired) electrons. The molecule has 2 unspecified atom stereocenters. The Balaban J connectivity index is 1.99. The van der Waals surface area contributed by atoms with Crippen LogP contribution in [0.2, 0.25) is 0 Å². The number of ether oxygens (including phenoxy) is 3. The normalized spacial score (nSPS) is 40.5. The van der Waals surface area contributed by atoms with Crippen LogP contribution in [0.3, 0.4) is 0 Å². The number of hydrogen-bond donors (Lipinski definition) is 0. The van der Waals surface area contributed by atoms with Crippen LogP contribution in [0.1, 0.15) is 6.42 Å². The van der Waals surface area contributed by atoms with Crippen LogP contribution in [0.5, 0.6) is 0 Å². The molecule has 3 aliphatic rings. The number of carbonyl (C=O) groups is 1. The van der Waals surface area contributed by atoms with Crippen molar-refractivity contribution in [1.82, 2.24) is 0 Å². The van der Waals surface area contributed by atoms with Gasteiger partial charge in [0.2, 0.25) is 0 Å². The van der Waals surface area contributed by atoms with E-state index >= 15 is 0 Å². The van der Waals surface area contributed by atoms with Gasteiger partial charge >= 0.3 is 0 Å². The summed E-state index contributed by atoms with van der Waals surface area (Å²) in [5.41, 5.74) is 0. The summed E-state index contributed by atoms with van der Waals surface area (Å²) in [6.45, 7) is 0.953. The van der Waals surface area contributed by atoms with Gasteiger partial charge in [0.1, 0.15) is 6.10 Å². The lowest BCUT2D eigenvalue weighted by molar-refractivity contribution is -0.231. The molecule has 0 N–H and O–H groups in total. The van der Waals surface area contributed by atoms with Crippen molar-refractivity contribution in [3.8, 4) is 0 Å². The average molecular weight is 182 g/mol. The van der Waals surface area contributed by atoms with Crippen LogP contribution in [-0.2, 0) is 19.0 Å². The average Bonchev–Trinajstić information content (AvgIpc) is 2.67. The van der Waals surface area contributed by atoms with Crippen molar-refractivity contribution in [2.24, 2.45) is 0 Å². The maximum atomic E-state index is 11.7. The summed E-state index contributed by atoms with van der Waals surface area (Å²) in [6.07, 6.45) is 3.74. The van der Waals surface area contributed by atoms with Gasteiger partial charge in [0.05, 0.1) is 19.3 Å².